The standard InChI is InChI=1S/C26H21N3O4/c1-32-26(31)24-23(28)19(13-27)14-29(24)20-9-8-18-11-21(25(30)33-22(18)12-20)17-7-6-15-4-2-3-5-16(15)10-17/h6-12,14H,2-5,28H2,1H3. The summed E-state index contributed by atoms with van der Waals surface area (Å²) in [5, 5.41) is 10.1. The maximum absolute atomic E-state index is 12.9. The van der Waals surface area contributed by atoms with Crippen molar-refractivity contribution in [3.05, 3.63) is 81.5 Å². The van der Waals surface area contributed by atoms with Crippen LogP contribution < -0.4 is 11.4 Å². The molecular formula is C26H21N3O4. The van der Waals surface area contributed by atoms with E-state index in [1.165, 1.54) is 35.4 Å². The molecule has 0 fully saturated rings. The first-order valence-electron chi connectivity index (χ1n) is 10.7. The van der Waals surface area contributed by atoms with E-state index in [-0.39, 0.29) is 16.9 Å². The highest BCUT2D eigenvalue weighted by molar-refractivity contribution is 5.96. The maximum Gasteiger partial charge on any atom is 0.357 e. The Hall–Kier alpha value is -4.31. The Balaban J connectivity index is 1.61. The van der Waals surface area contributed by atoms with Crippen LogP contribution in [0.2, 0.25) is 0 Å². The summed E-state index contributed by atoms with van der Waals surface area (Å²) in [5.41, 5.74) is 10.7. The number of nitriles is 1. The quantitative estimate of drug-likeness (QED) is 0.375. The fourth-order valence-corrected chi connectivity index (χ4v) is 4.47. The molecule has 7 heteroatoms. The summed E-state index contributed by atoms with van der Waals surface area (Å²) in [6, 6.07) is 15.2. The minimum absolute atomic E-state index is 0.0358. The second-order valence-corrected chi connectivity index (χ2v) is 8.14. The number of nitrogens with zero attached hydrogens (tertiary/aromatic N) is 2. The maximum atomic E-state index is 12.9. The molecule has 0 atom stereocenters. The second-order valence-electron chi connectivity index (χ2n) is 8.14. The molecule has 0 spiro atoms. The van der Waals surface area contributed by atoms with Crippen molar-refractivity contribution in [2.24, 2.45) is 0 Å². The van der Waals surface area contributed by atoms with Crippen molar-refractivity contribution in [2.45, 2.75) is 25.7 Å². The number of nitrogens with two attached hydrogens (primary N) is 1. The molecule has 33 heavy (non-hydrogen) atoms. The van der Waals surface area contributed by atoms with Crippen molar-refractivity contribution in [3.8, 4) is 22.9 Å². The summed E-state index contributed by atoms with van der Waals surface area (Å²) in [4.78, 5) is 25.1. The zero-order chi connectivity index (χ0) is 23.1. The lowest BCUT2D eigenvalue weighted by atomic mass is 9.89. The van der Waals surface area contributed by atoms with E-state index >= 15 is 0 Å². The first kappa shape index (κ1) is 20.6. The molecule has 2 aromatic heterocycles. The minimum atomic E-state index is -0.668. The van der Waals surface area contributed by atoms with Gasteiger partial charge in [-0.3, -0.25) is 0 Å². The lowest BCUT2D eigenvalue weighted by Gasteiger charge is -2.16. The number of hydrogen-bond acceptors (Lipinski definition) is 6. The van der Waals surface area contributed by atoms with Gasteiger partial charge in [0.1, 0.15) is 11.7 Å². The zero-order valence-corrected chi connectivity index (χ0v) is 18.1. The molecule has 0 aliphatic heterocycles. The Morgan fingerprint density at radius 2 is 1.91 bits per heavy atom. The Labute approximate surface area is 189 Å². The average Bonchev–Trinajstić information content (AvgIpc) is 3.18. The van der Waals surface area contributed by atoms with Crippen molar-refractivity contribution < 1.29 is 13.9 Å². The Bertz CT molecular complexity index is 1520. The lowest BCUT2D eigenvalue weighted by molar-refractivity contribution is 0.0593. The average molecular weight is 439 g/mol. The molecule has 1 aliphatic carbocycles. The van der Waals surface area contributed by atoms with Crippen LogP contribution in [-0.4, -0.2) is 17.6 Å². The Morgan fingerprint density at radius 1 is 1.12 bits per heavy atom. The highest BCUT2D eigenvalue weighted by Crippen LogP contribution is 2.30. The molecule has 0 amide bonds. The SMILES string of the molecule is COC(=O)c1c(N)c(C#N)cn1-c1ccc2cc(-c3ccc4c(c3)CCCC4)c(=O)oc2c1. The van der Waals surface area contributed by atoms with Crippen LogP contribution in [0.3, 0.4) is 0 Å². The van der Waals surface area contributed by atoms with Gasteiger partial charge in [-0.15, -0.1) is 0 Å². The van der Waals surface area contributed by atoms with Gasteiger partial charge in [-0.05, 0) is 60.6 Å². The van der Waals surface area contributed by atoms with Crippen LogP contribution >= 0.6 is 0 Å². The normalized spacial score (nSPS) is 12.8. The number of esters is 1. The summed E-state index contributed by atoms with van der Waals surface area (Å²) in [7, 11) is 1.24. The lowest BCUT2D eigenvalue weighted by Crippen LogP contribution is -2.11. The van der Waals surface area contributed by atoms with E-state index in [4.69, 9.17) is 14.9 Å². The van der Waals surface area contributed by atoms with Crippen LogP contribution in [0, 0.1) is 11.3 Å². The van der Waals surface area contributed by atoms with Crippen molar-refractivity contribution in [1.82, 2.24) is 4.57 Å². The Morgan fingerprint density at radius 3 is 2.67 bits per heavy atom. The molecule has 164 valence electrons. The van der Waals surface area contributed by atoms with E-state index in [0.717, 1.165) is 30.2 Å². The zero-order valence-electron chi connectivity index (χ0n) is 18.1. The fraction of sp³-hybridized carbons (Fsp3) is 0.192. The number of aromatic nitrogens is 1. The number of carbonyl (C=O) groups is 1. The van der Waals surface area contributed by atoms with E-state index in [1.54, 1.807) is 18.2 Å². The summed E-state index contributed by atoms with van der Waals surface area (Å²) in [6.45, 7) is 0. The van der Waals surface area contributed by atoms with Gasteiger partial charge in [-0.25, -0.2) is 9.59 Å². The highest BCUT2D eigenvalue weighted by Gasteiger charge is 2.22. The largest absolute Gasteiger partial charge is 0.464 e. The minimum Gasteiger partial charge on any atom is -0.464 e. The molecule has 7 nitrogen and oxygen atoms in total. The third-order valence-corrected chi connectivity index (χ3v) is 6.20. The number of anilines is 1. The number of aryl methyl sites for hydroxylation is 2. The van der Waals surface area contributed by atoms with Gasteiger partial charge in [-0.1, -0.05) is 18.2 Å². The number of carbonyl (C=O) groups excluding carboxylic acids is 1. The molecule has 0 unspecified atom stereocenters. The van der Waals surface area contributed by atoms with Crippen molar-refractivity contribution >= 4 is 22.6 Å². The molecule has 0 bridgehead atoms. The van der Waals surface area contributed by atoms with Gasteiger partial charge in [0.05, 0.1) is 23.9 Å². The van der Waals surface area contributed by atoms with Gasteiger partial charge < -0.3 is 19.5 Å². The number of nitrogen functional groups attached to an aromatic ring is 1. The van der Waals surface area contributed by atoms with Crippen LogP contribution in [0.1, 0.15) is 40.0 Å². The molecule has 0 saturated heterocycles. The number of rotatable bonds is 3. The third-order valence-electron chi connectivity index (χ3n) is 6.20. The van der Waals surface area contributed by atoms with Gasteiger partial charge in [0.25, 0.3) is 0 Å². The van der Waals surface area contributed by atoms with E-state index in [9.17, 15) is 14.9 Å². The molecule has 2 heterocycles. The number of ether oxygens (including phenoxy) is 1. The molecule has 2 N–H and O–H groups in total. The third kappa shape index (κ3) is 3.46. The van der Waals surface area contributed by atoms with E-state index in [0.29, 0.717) is 16.8 Å². The Kier molecular flexibility index (Phi) is 4.98. The second kappa shape index (κ2) is 7.99. The van der Waals surface area contributed by atoms with E-state index in [1.807, 2.05) is 18.2 Å². The van der Waals surface area contributed by atoms with Crippen LogP contribution in [0.4, 0.5) is 5.69 Å². The van der Waals surface area contributed by atoms with E-state index in [2.05, 4.69) is 12.1 Å². The monoisotopic (exact) mass is 439 g/mol. The van der Waals surface area contributed by atoms with Crippen molar-refractivity contribution in [3.63, 3.8) is 0 Å². The summed E-state index contributed by atoms with van der Waals surface area (Å²) in [6.07, 6.45) is 5.93. The highest BCUT2D eigenvalue weighted by atomic mass is 16.5. The summed E-state index contributed by atoms with van der Waals surface area (Å²) in [5.74, 6) is -0.668. The number of benzene rings is 2. The van der Waals surface area contributed by atoms with Gasteiger partial charge in [0.15, 0.2) is 5.69 Å². The molecule has 0 saturated carbocycles. The molecule has 2 aromatic carbocycles. The van der Waals surface area contributed by atoms with Gasteiger partial charge in [-0.2, -0.15) is 5.26 Å². The van der Waals surface area contributed by atoms with Crippen LogP contribution in [0.5, 0.6) is 0 Å². The van der Waals surface area contributed by atoms with Gasteiger partial charge in [0, 0.05) is 23.3 Å². The first-order valence-corrected chi connectivity index (χ1v) is 10.7. The molecule has 5 rings (SSSR count). The smallest absolute Gasteiger partial charge is 0.357 e. The fourth-order valence-electron chi connectivity index (χ4n) is 4.47. The van der Waals surface area contributed by atoms with Crippen LogP contribution in [0.25, 0.3) is 27.8 Å². The molecular weight excluding hydrogens is 418 g/mol. The predicted molar refractivity (Wildman–Crippen MR) is 124 cm³/mol. The molecule has 4 aromatic rings. The van der Waals surface area contributed by atoms with Crippen LogP contribution in [0.15, 0.2) is 57.9 Å². The van der Waals surface area contributed by atoms with Crippen molar-refractivity contribution in [1.29, 1.82) is 5.26 Å². The van der Waals surface area contributed by atoms with Crippen molar-refractivity contribution in [2.75, 3.05) is 12.8 Å². The van der Waals surface area contributed by atoms with Gasteiger partial charge in [0.2, 0.25) is 0 Å². The number of hydrogen-bond donors (Lipinski definition) is 1. The van der Waals surface area contributed by atoms with Crippen LogP contribution in [-0.2, 0) is 17.6 Å². The summed E-state index contributed by atoms with van der Waals surface area (Å²) >= 11 is 0. The van der Waals surface area contributed by atoms with E-state index < -0.39 is 11.6 Å². The summed E-state index contributed by atoms with van der Waals surface area (Å²) < 4.78 is 12.0. The first-order chi connectivity index (χ1) is 16.0. The predicted octanol–water partition coefficient (Wildman–Crippen LogP) is 4.37. The topological polar surface area (TPSA) is 111 Å². The molecule has 1 aliphatic rings. The number of fused-ring (bicyclic) bond motifs is 2. The number of methoxy groups -OCH3 is 1. The van der Waals surface area contributed by atoms with Gasteiger partial charge >= 0.3 is 11.6 Å². The molecule has 0 radical (unpaired) electrons.